The number of rotatable bonds is 6. The first-order valence-electron chi connectivity index (χ1n) is 9.10. The van der Waals surface area contributed by atoms with E-state index in [4.69, 9.17) is 0 Å². The Morgan fingerprint density at radius 3 is 2.57 bits per heavy atom. The van der Waals surface area contributed by atoms with Gasteiger partial charge in [0.2, 0.25) is 0 Å². The number of halogens is 1. The van der Waals surface area contributed by atoms with Crippen LogP contribution in [-0.4, -0.2) is 27.3 Å². The summed E-state index contributed by atoms with van der Waals surface area (Å²) in [5.41, 5.74) is 4.44. The Kier molecular flexibility index (Phi) is 8.43. The minimum Gasteiger partial charge on any atom is -0.357 e. The van der Waals surface area contributed by atoms with Gasteiger partial charge >= 0.3 is 0 Å². The number of hydrogen-bond donors (Lipinski definition) is 2. The van der Waals surface area contributed by atoms with E-state index in [0.717, 1.165) is 41.8 Å². The third-order valence-electron chi connectivity index (χ3n) is 4.18. The van der Waals surface area contributed by atoms with E-state index in [-0.39, 0.29) is 24.0 Å². The van der Waals surface area contributed by atoms with E-state index in [9.17, 15) is 0 Å². The van der Waals surface area contributed by atoms with Gasteiger partial charge in [-0.15, -0.1) is 35.3 Å². The predicted molar refractivity (Wildman–Crippen MR) is 127 cm³/mol. The summed E-state index contributed by atoms with van der Waals surface area (Å²) >= 11 is 1.76. The average molecular weight is 510 g/mol. The van der Waals surface area contributed by atoms with Crippen molar-refractivity contribution < 1.29 is 0 Å². The van der Waals surface area contributed by atoms with Crippen LogP contribution in [0.3, 0.4) is 0 Å². The molecule has 0 bridgehead atoms. The number of pyridine rings is 1. The van der Waals surface area contributed by atoms with Crippen molar-refractivity contribution in [3.8, 4) is 5.82 Å². The van der Waals surface area contributed by atoms with Crippen LogP contribution in [0.1, 0.15) is 34.3 Å². The van der Waals surface area contributed by atoms with Crippen LogP contribution >= 0.6 is 35.3 Å². The molecule has 0 amide bonds. The average Bonchev–Trinajstić information content (AvgIpc) is 3.22. The molecule has 3 aromatic heterocycles. The van der Waals surface area contributed by atoms with Crippen molar-refractivity contribution in [2.75, 3.05) is 6.54 Å². The van der Waals surface area contributed by atoms with Gasteiger partial charge in [0, 0.05) is 23.3 Å². The number of hydrogen-bond acceptors (Lipinski definition) is 4. The Labute approximate surface area is 187 Å². The van der Waals surface area contributed by atoms with Crippen LogP contribution in [0.15, 0.2) is 40.8 Å². The van der Waals surface area contributed by atoms with E-state index in [1.165, 1.54) is 10.4 Å². The van der Waals surface area contributed by atoms with Crippen molar-refractivity contribution in [1.29, 1.82) is 0 Å². The summed E-state index contributed by atoms with van der Waals surface area (Å²) in [7, 11) is 0. The molecule has 0 saturated carbocycles. The molecule has 8 heteroatoms. The number of thiophene rings is 1. The standard InChI is InChI=1S/C20H26N6S.HI/c1-5-21-20(24-13-18-14(2)8-9-27-18)23-12-17-6-7-19(22-11-17)26-16(4)10-15(3)25-26;/h6-11H,5,12-13H2,1-4H3,(H2,21,23,24);1H. The zero-order chi connectivity index (χ0) is 19.2. The summed E-state index contributed by atoms with van der Waals surface area (Å²) in [6.07, 6.45) is 1.86. The highest BCUT2D eigenvalue weighted by atomic mass is 127. The maximum absolute atomic E-state index is 4.67. The Hall–Kier alpha value is -1.94. The van der Waals surface area contributed by atoms with Crippen molar-refractivity contribution in [1.82, 2.24) is 25.4 Å². The number of nitrogens with zero attached hydrogens (tertiary/aromatic N) is 4. The van der Waals surface area contributed by atoms with E-state index in [0.29, 0.717) is 6.54 Å². The molecule has 0 aliphatic heterocycles. The smallest absolute Gasteiger partial charge is 0.191 e. The fourth-order valence-electron chi connectivity index (χ4n) is 2.76. The summed E-state index contributed by atoms with van der Waals surface area (Å²) in [5, 5.41) is 13.3. The minimum absolute atomic E-state index is 0. The van der Waals surface area contributed by atoms with Crippen LogP contribution < -0.4 is 10.6 Å². The van der Waals surface area contributed by atoms with Crippen molar-refractivity contribution in [3.05, 3.63) is 63.2 Å². The summed E-state index contributed by atoms with van der Waals surface area (Å²) in [6.45, 7) is 10.4. The van der Waals surface area contributed by atoms with Gasteiger partial charge in [-0.1, -0.05) is 6.07 Å². The van der Waals surface area contributed by atoms with Gasteiger partial charge in [-0.2, -0.15) is 5.10 Å². The quantitative estimate of drug-likeness (QED) is 0.298. The van der Waals surface area contributed by atoms with E-state index < -0.39 is 0 Å². The predicted octanol–water partition coefficient (Wildman–Crippen LogP) is 4.13. The lowest BCUT2D eigenvalue weighted by Crippen LogP contribution is -2.36. The highest BCUT2D eigenvalue weighted by Gasteiger charge is 2.05. The molecule has 3 aromatic rings. The lowest BCUT2D eigenvalue weighted by molar-refractivity contribution is 0.800. The van der Waals surface area contributed by atoms with Crippen molar-refractivity contribution in [2.45, 2.75) is 40.8 Å². The molecular weight excluding hydrogens is 483 g/mol. The molecular formula is C20H27IN6S. The molecule has 0 aromatic carbocycles. The van der Waals surface area contributed by atoms with Gasteiger partial charge in [0.05, 0.1) is 18.8 Å². The van der Waals surface area contributed by atoms with Gasteiger partial charge < -0.3 is 10.6 Å². The summed E-state index contributed by atoms with van der Waals surface area (Å²) in [6, 6.07) is 8.22. The highest BCUT2D eigenvalue weighted by Crippen LogP contribution is 2.15. The topological polar surface area (TPSA) is 67.1 Å². The molecule has 0 aliphatic rings. The Balaban J connectivity index is 0.00000280. The van der Waals surface area contributed by atoms with Crippen LogP contribution in [0, 0.1) is 20.8 Å². The second-order valence-electron chi connectivity index (χ2n) is 6.44. The molecule has 6 nitrogen and oxygen atoms in total. The molecule has 3 heterocycles. The number of guanidine groups is 1. The monoisotopic (exact) mass is 510 g/mol. The first-order chi connectivity index (χ1) is 13.1. The number of aliphatic imine (C=N–C) groups is 1. The van der Waals surface area contributed by atoms with E-state index >= 15 is 0 Å². The van der Waals surface area contributed by atoms with Crippen LogP contribution in [-0.2, 0) is 13.1 Å². The second kappa shape index (κ2) is 10.6. The largest absolute Gasteiger partial charge is 0.357 e. The molecule has 28 heavy (non-hydrogen) atoms. The maximum Gasteiger partial charge on any atom is 0.191 e. The summed E-state index contributed by atoms with van der Waals surface area (Å²) in [5.74, 6) is 1.64. The maximum atomic E-state index is 4.67. The van der Waals surface area contributed by atoms with Crippen LogP contribution in [0.25, 0.3) is 5.82 Å². The molecule has 0 atom stereocenters. The highest BCUT2D eigenvalue weighted by molar-refractivity contribution is 14.0. The lowest BCUT2D eigenvalue weighted by atomic mass is 10.3. The van der Waals surface area contributed by atoms with Crippen LogP contribution in [0.4, 0.5) is 0 Å². The molecule has 0 fully saturated rings. The Bertz CT molecular complexity index is 913. The zero-order valence-corrected chi connectivity index (χ0v) is 19.8. The van der Waals surface area contributed by atoms with Gasteiger partial charge in [-0.3, -0.25) is 0 Å². The molecule has 0 aliphatic carbocycles. The lowest BCUT2D eigenvalue weighted by Gasteiger charge is -2.11. The molecule has 2 N–H and O–H groups in total. The SMILES string of the molecule is CCNC(=NCc1ccc(-n2nc(C)cc2C)nc1)NCc1sccc1C.I. The van der Waals surface area contributed by atoms with Gasteiger partial charge in [-0.25, -0.2) is 14.7 Å². The van der Waals surface area contributed by atoms with Gasteiger partial charge in [0.1, 0.15) is 0 Å². The first-order valence-corrected chi connectivity index (χ1v) is 9.98. The van der Waals surface area contributed by atoms with Crippen LogP contribution in [0.5, 0.6) is 0 Å². The van der Waals surface area contributed by atoms with Crippen molar-refractivity contribution in [2.24, 2.45) is 4.99 Å². The van der Waals surface area contributed by atoms with Gasteiger partial charge in [0.15, 0.2) is 11.8 Å². The summed E-state index contributed by atoms with van der Waals surface area (Å²) < 4.78 is 1.86. The van der Waals surface area contributed by atoms with Crippen LogP contribution in [0.2, 0.25) is 0 Å². The third-order valence-corrected chi connectivity index (χ3v) is 5.21. The molecule has 150 valence electrons. The fraction of sp³-hybridized carbons (Fsp3) is 0.350. The Morgan fingerprint density at radius 1 is 1.18 bits per heavy atom. The molecule has 0 radical (unpaired) electrons. The number of aromatic nitrogens is 3. The third kappa shape index (κ3) is 5.78. The first kappa shape index (κ1) is 22.4. The number of nitrogens with one attached hydrogen (secondary N) is 2. The minimum atomic E-state index is 0. The molecule has 0 unspecified atom stereocenters. The number of aryl methyl sites for hydroxylation is 3. The molecule has 0 spiro atoms. The van der Waals surface area contributed by atoms with Gasteiger partial charge in [-0.05, 0) is 62.4 Å². The fourth-order valence-corrected chi connectivity index (χ4v) is 3.60. The van der Waals surface area contributed by atoms with Crippen molar-refractivity contribution in [3.63, 3.8) is 0 Å². The zero-order valence-electron chi connectivity index (χ0n) is 16.7. The van der Waals surface area contributed by atoms with Gasteiger partial charge in [0.25, 0.3) is 0 Å². The van der Waals surface area contributed by atoms with E-state index in [1.807, 2.05) is 36.9 Å². The van der Waals surface area contributed by atoms with E-state index in [1.54, 1.807) is 11.3 Å². The summed E-state index contributed by atoms with van der Waals surface area (Å²) in [4.78, 5) is 10.5. The van der Waals surface area contributed by atoms with E-state index in [2.05, 4.69) is 57.1 Å². The second-order valence-corrected chi connectivity index (χ2v) is 7.44. The molecule has 0 saturated heterocycles. The molecule has 3 rings (SSSR count). The normalized spacial score (nSPS) is 11.2. The Morgan fingerprint density at radius 2 is 2.00 bits per heavy atom. The van der Waals surface area contributed by atoms with Crippen molar-refractivity contribution >= 4 is 41.3 Å².